The summed E-state index contributed by atoms with van der Waals surface area (Å²) in [4.78, 5) is 0. The second kappa shape index (κ2) is 7.24. The Labute approximate surface area is 165 Å². The van der Waals surface area contributed by atoms with Crippen molar-refractivity contribution in [2.24, 2.45) is 0 Å². The minimum absolute atomic E-state index is 0.194. The SMILES string of the molecule is Cc1cc(-c2ccccc2)cc(-c2cc(-c3ccccc3)cc(C)c2O)c1O. The number of hydrogen-bond acceptors (Lipinski definition) is 2. The van der Waals surface area contributed by atoms with Crippen LogP contribution in [0, 0.1) is 13.8 Å². The van der Waals surface area contributed by atoms with Gasteiger partial charge in [0.2, 0.25) is 0 Å². The highest BCUT2D eigenvalue weighted by molar-refractivity contribution is 5.85. The Kier molecular flexibility index (Phi) is 4.62. The first kappa shape index (κ1) is 17.9. The van der Waals surface area contributed by atoms with E-state index < -0.39 is 0 Å². The maximum Gasteiger partial charge on any atom is 0.126 e. The van der Waals surface area contributed by atoms with Crippen LogP contribution in [-0.4, -0.2) is 10.2 Å². The van der Waals surface area contributed by atoms with Gasteiger partial charge >= 0.3 is 0 Å². The van der Waals surface area contributed by atoms with E-state index in [9.17, 15) is 10.2 Å². The van der Waals surface area contributed by atoms with Crippen LogP contribution in [0.4, 0.5) is 0 Å². The van der Waals surface area contributed by atoms with Crippen LogP contribution < -0.4 is 0 Å². The number of phenols is 2. The van der Waals surface area contributed by atoms with Crippen LogP contribution in [0.5, 0.6) is 11.5 Å². The molecule has 28 heavy (non-hydrogen) atoms. The van der Waals surface area contributed by atoms with Crippen LogP contribution >= 0.6 is 0 Å². The van der Waals surface area contributed by atoms with Gasteiger partial charge in [-0.3, -0.25) is 0 Å². The molecule has 0 atom stereocenters. The summed E-state index contributed by atoms with van der Waals surface area (Å²) >= 11 is 0. The molecule has 0 spiro atoms. The second-order valence-corrected chi connectivity index (χ2v) is 7.11. The minimum atomic E-state index is 0.194. The minimum Gasteiger partial charge on any atom is -0.507 e. The van der Waals surface area contributed by atoms with Gasteiger partial charge in [0.25, 0.3) is 0 Å². The lowest BCUT2D eigenvalue weighted by Gasteiger charge is -2.15. The molecular weight excluding hydrogens is 344 g/mol. The number of rotatable bonds is 3. The molecule has 2 heteroatoms. The van der Waals surface area contributed by atoms with Gasteiger partial charge < -0.3 is 10.2 Å². The zero-order valence-electron chi connectivity index (χ0n) is 16.0. The maximum atomic E-state index is 10.8. The molecule has 0 unspecified atom stereocenters. The Balaban J connectivity index is 1.94. The fourth-order valence-corrected chi connectivity index (χ4v) is 3.56. The summed E-state index contributed by atoms with van der Waals surface area (Å²) in [6, 6.07) is 27.9. The average molecular weight is 366 g/mol. The Morgan fingerprint density at radius 1 is 0.464 bits per heavy atom. The predicted octanol–water partition coefficient (Wildman–Crippen LogP) is 6.72. The lowest BCUT2D eigenvalue weighted by molar-refractivity contribution is 0.465. The summed E-state index contributed by atoms with van der Waals surface area (Å²) in [5.74, 6) is 0.388. The molecule has 4 aromatic rings. The van der Waals surface area contributed by atoms with E-state index in [0.717, 1.165) is 33.4 Å². The molecule has 0 heterocycles. The summed E-state index contributed by atoms with van der Waals surface area (Å²) in [5, 5.41) is 21.6. The zero-order chi connectivity index (χ0) is 19.7. The molecule has 0 bridgehead atoms. The van der Waals surface area contributed by atoms with Crippen LogP contribution in [0.2, 0.25) is 0 Å². The normalized spacial score (nSPS) is 10.8. The highest BCUT2D eigenvalue weighted by Gasteiger charge is 2.16. The number of benzene rings is 4. The van der Waals surface area contributed by atoms with E-state index in [1.54, 1.807) is 0 Å². The number of aryl methyl sites for hydroxylation is 2. The predicted molar refractivity (Wildman–Crippen MR) is 116 cm³/mol. The quantitative estimate of drug-likeness (QED) is 0.423. The van der Waals surface area contributed by atoms with Crippen LogP contribution in [0.3, 0.4) is 0 Å². The molecule has 0 aliphatic rings. The van der Waals surface area contributed by atoms with Crippen molar-refractivity contribution in [3.63, 3.8) is 0 Å². The molecule has 0 saturated carbocycles. The lowest BCUT2D eigenvalue weighted by Crippen LogP contribution is -1.90. The highest BCUT2D eigenvalue weighted by Crippen LogP contribution is 2.43. The second-order valence-electron chi connectivity index (χ2n) is 7.11. The van der Waals surface area contributed by atoms with Gasteiger partial charge in [0, 0.05) is 11.1 Å². The first-order valence-electron chi connectivity index (χ1n) is 9.33. The van der Waals surface area contributed by atoms with Gasteiger partial charge in [-0.25, -0.2) is 0 Å². The Morgan fingerprint density at radius 3 is 1.18 bits per heavy atom. The number of phenolic OH excluding ortho intramolecular Hbond substituents is 2. The Hall–Kier alpha value is -3.52. The first-order valence-corrected chi connectivity index (χ1v) is 9.33. The molecule has 0 saturated heterocycles. The smallest absolute Gasteiger partial charge is 0.126 e. The molecule has 4 aromatic carbocycles. The van der Waals surface area contributed by atoms with Crippen LogP contribution in [0.1, 0.15) is 11.1 Å². The summed E-state index contributed by atoms with van der Waals surface area (Å²) < 4.78 is 0. The Morgan fingerprint density at radius 2 is 0.821 bits per heavy atom. The van der Waals surface area contributed by atoms with Gasteiger partial charge in [0.1, 0.15) is 11.5 Å². The molecule has 138 valence electrons. The molecule has 0 aromatic heterocycles. The van der Waals surface area contributed by atoms with Crippen LogP contribution in [0.15, 0.2) is 84.9 Å². The zero-order valence-corrected chi connectivity index (χ0v) is 16.0. The van der Waals surface area contributed by atoms with Crippen LogP contribution in [-0.2, 0) is 0 Å². The van der Waals surface area contributed by atoms with Crippen molar-refractivity contribution < 1.29 is 10.2 Å². The lowest BCUT2D eigenvalue weighted by atomic mass is 9.91. The number of aromatic hydroxyl groups is 2. The van der Waals surface area contributed by atoms with Gasteiger partial charge in [0.05, 0.1) is 0 Å². The third-order valence-corrected chi connectivity index (χ3v) is 5.11. The summed E-state index contributed by atoms with van der Waals surface area (Å²) in [5.41, 5.74) is 6.98. The summed E-state index contributed by atoms with van der Waals surface area (Å²) in [7, 11) is 0. The topological polar surface area (TPSA) is 40.5 Å². The van der Waals surface area contributed by atoms with Crippen molar-refractivity contribution in [1.82, 2.24) is 0 Å². The molecule has 0 aliphatic carbocycles. The molecule has 0 aliphatic heterocycles. The molecular formula is C26H22O2. The van der Waals surface area contributed by atoms with Crippen LogP contribution in [0.25, 0.3) is 33.4 Å². The standard InChI is InChI=1S/C26H22O2/c1-17-13-21(19-9-5-3-6-10-19)15-23(25(17)27)24-16-22(14-18(2)26(24)28)20-11-7-4-8-12-20/h3-16,27-28H,1-2H3. The largest absolute Gasteiger partial charge is 0.507 e. The third kappa shape index (κ3) is 3.25. The Bertz CT molecular complexity index is 1040. The van der Waals surface area contributed by atoms with Crippen molar-refractivity contribution >= 4 is 0 Å². The maximum absolute atomic E-state index is 10.8. The van der Waals surface area contributed by atoms with E-state index in [1.165, 1.54) is 0 Å². The van der Waals surface area contributed by atoms with Gasteiger partial charge in [-0.1, -0.05) is 60.7 Å². The molecule has 0 fully saturated rings. The van der Waals surface area contributed by atoms with Crippen molar-refractivity contribution in [2.75, 3.05) is 0 Å². The van der Waals surface area contributed by atoms with E-state index >= 15 is 0 Å². The third-order valence-electron chi connectivity index (χ3n) is 5.11. The van der Waals surface area contributed by atoms with Gasteiger partial charge in [-0.05, 0) is 71.5 Å². The van der Waals surface area contributed by atoms with Crippen molar-refractivity contribution in [3.05, 3.63) is 96.1 Å². The molecule has 4 rings (SSSR count). The van der Waals surface area contributed by atoms with E-state index in [1.807, 2.05) is 98.8 Å². The summed E-state index contributed by atoms with van der Waals surface area (Å²) in [6.07, 6.45) is 0. The average Bonchev–Trinajstić information content (AvgIpc) is 2.73. The van der Waals surface area contributed by atoms with Gasteiger partial charge in [-0.2, -0.15) is 0 Å². The fourth-order valence-electron chi connectivity index (χ4n) is 3.56. The molecule has 0 radical (unpaired) electrons. The fraction of sp³-hybridized carbons (Fsp3) is 0.0769. The molecule has 2 nitrogen and oxygen atoms in total. The number of hydrogen-bond donors (Lipinski definition) is 2. The summed E-state index contributed by atoms with van der Waals surface area (Å²) in [6.45, 7) is 3.77. The molecule has 2 N–H and O–H groups in total. The van der Waals surface area contributed by atoms with Gasteiger partial charge in [0.15, 0.2) is 0 Å². The molecule has 0 amide bonds. The van der Waals surface area contributed by atoms with E-state index in [4.69, 9.17) is 0 Å². The van der Waals surface area contributed by atoms with E-state index in [2.05, 4.69) is 0 Å². The van der Waals surface area contributed by atoms with E-state index in [-0.39, 0.29) is 11.5 Å². The van der Waals surface area contributed by atoms with Crippen molar-refractivity contribution in [2.45, 2.75) is 13.8 Å². The van der Waals surface area contributed by atoms with E-state index in [0.29, 0.717) is 11.1 Å². The monoisotopic (exact) mass is 366 g/mol. The van der Waals surface area contributed by atoms with Crippen molar-refractivity contribution in [3.8, 4) is 44.9 Å². The first-order chi connectivity index (χ1) is 13.5. The van der Waals surface area contributed by atoms with Gasteiger partial charge in [-0.15, -0.1) is 0 Å². The highest BCUT2D eigenvalue weighted by atomic mass is 16.3. The van der Waals surface area contributed by atoms with Crippen molar-refractivity contribution in [1.29, 1.82) is 0 Å².